The van der Waals surface area contributed by atoms with Crippen molar-refractivity contribution in [1.82, 2.24) is 25.2 Å². The van der Waals surface area contributed by atoms with Crippen molar-refractivity contribution in [1.29, 1.82) is 0 Å². The fourth-order valence-corrected chi connectivity index (χ4v) is 3.60. The summed E-state index contributed by atoms with van der Waals surface area (Å²) in [6.45, 7) is 11.8. The van der Waals surface area contributed by atoms with Crippen molar-refractivity contribution in [2.24, 2.45) is 10.9 Å². The van der Waals surface area contributed by atoms with Gasteiger partial charge in [-0.1, -0.05) is 12.1 Å². The number of likely N-dealkylation sites (tertiary alicyclic amines) is 1. The van der Waals surface area contributed by atoms with Gasteiger partial charge in [0.05, 0.1) is 5.69 Å². The highest BCUT2D eigenvalue weighted by molar-refractivity contribution is 5.80. The Kier molecular flexibility index (Phi) is 6.09. The van der Waals surface area contributed by atoms with Crippen molar-refractivity contribution < 1.29 is 4.52 Å². The van der Waals surface area contributed by atoms with Gasteiger partial charge in [-0.25, -0.2) is 0 Å². The average Bonchev–Trinajstić information content (AvgIpc) is 3.28. The van der Waals surface area contributed by atoms with Crippen LogP contribution in [0.1, 0.15) is 19.0 Å². The first-order valence-electron chi connectivity index (χ1n) is 9.08. The predicted octanol–water partition coefficient (Wildman–Crippen LogP) is 0.709. The van der Waals surface area contributed by atoms with Crippen molar-refractivity contribution in [3.8, 4) is 0 Å². The highest BCUT2D eigenvalue weighted by atomic mass is 16.5. The number of piperazine rings is 1. The van der Waals surface area contributed by atoms with Crippen molar-refractivity contribution in [2.45, 2.75) is 19.9 Å². The molecule has 0 aliphatic carbocycles. The third-order valence-corrected chi connectivity index (χ3v) is 5.13. The largest absolute Gasteiger partial charge is 0.364 e. The summed E-state index contributed by atoms with van der Waals surface area (Å²) < 4.78 is 4.91. The fraction of sp³-hybridized carbons (Fsp3) is 0.765. The molecule has 0 amide bonds. The van der Waals surface area contributed by atoms with E-state index in [4.69, 9.17) is 4.52 Å². The molecule has 2 aliphatic heterocycles. The van der Waals surface area contributed by atoms with E-state index in [0.29, 0.717) is 0 Å². The quantitative estimate of drug-likeness (QED) is 0.632. The van der Waals surface area contributed by atoms with Gasteiger partial charge in [-0.05, 0) is 25.4 Å². The molecular weight excluding hydrogens is 304 g/mol. The van der Waals surface area contributed by atoms with Gasteiger partial charge < -0.3 is 19.6 Å². The third-order valence-electron chi connectivity index (χ3n) is 5.13. The second-order valence-electron chi connectivity index (χ2n) is 6.73. The molecule has 1 aromatic rings. The van der Waals surface area contributed by atoms with Gasteiger partial charge in [0.15, 0.2) is 5.96 Å². The second-order valence-corrected chi connectivity index (χ2v) is 6.73. The zero-order chi connectivity index (χ0) is 16.8. The van der Waals surface area contributed by atoms with Crippen LogP contribution in [0.2, 0.25) is 0 Å². The van der Waals surface area contributed by atoms with E-state index in [0.717, 1.165) is 56.8 Å². The first-order chi connectivity index (χ1) is 11.8. The monoisotopic (exact) mass is 334 g/mol. The Morgan fingerprint density at radius 3 is 2.75 bits per heavy atom. The number of hydrogen-bond donors (Lipinski definition) is 1. The minimum absolute atomic E-state index is 0.746. The molecule has 2 saturated heterocycles. The lowest BCUT2D eigenvalue weighted by Gasteiger charge is -2.36. The van der Waals surface area contributed by atoms with E-state index in [9.17, 15) is 0 Å². The van der Waals surface area contributed by atoms with Crippen molar-refractivity contribution in [3.63, 3.8) is 0 Å². The smallest absolute Gasteiger partial charge is 0.193 e. The molecule has 2 aliphatic rings. The summed E-state index contributed by atoms with van der Waals surface area (Å²) in [6.07, 6.45) is 2.93. The Hall–Kier alpha value is -1.60. The minimum Gasteiger partial charge on any atom is -0.364 e. The van der Waals surface area contributed by atoms with E-state index >= 15 is 0 Å². The third kappa shape index (κ3) is 4.48. The molecule has 134 valence electrons. The van der Waals surface area contributed by atoms with Crippen LogP contribution in [0.15, 0.2) is 21.8 Å². The fourth-order valence-electron chi connectivity index (χ4n) is 3.60. The van der Waals surface area contributed by atoms with Gasteiger partial charge >= 0.3 is 0 Å². The molecule has 1 aromatic heterocycles. The number of nitrogens with zero attached hydrogens (tertiary/aromatic N) is 5. The van der Waals surface area contributed by atoms with E-state index in [2.05, 4.69) is 37.1 Å². The Labute approximate surface area is 144 Å². The molecule has 1 atom stereocenters. The maximum atomic E-state index is 4.91. The lowest BCUT2D eigenvalue weighted by molar-refractivity contribution is 0.168. The van der Waals surface area contributed by atoms with Gasteiger partial charge in [-0.2, -0.15) is 0 Å². The molecule has 7 nitrogen and oxygen atoms in total. The predicted molar refractivity (Wildman–Crippen MR) is 94.9 cm³/mol. The zero-order valence-electron chi connectivity index (χ0n) is 14.9. The summed E-state index contributed by atoms with van der Waals surface area (Å²) in [7, 11) is 1.89. The number of nitrogens with one attached hydrogen (secondary N) is 1. The van der Waals surface area contributed by atoms with Gasteiger partial charge in [0, 0.05) is 58.9 Å². The standard InChI is InChI=1S/C17H30N6O/c1-3-21-6-4-15(13-21)12-19-17(18-2)23-9-7-22(8-10-23)14-16-5-11-24-20-16/h5,11,15H,3-4,6-10,12-14H2,1-2H3,(H,18,19). The number of aromatic nitrogens is 1. The van der Waals surface area contributed by atoms with Crippen molar-refractivity contribution in [3.05, 3.63) is 18.0 Å². The van der Waals surface area contributed by atoms with Crippen LogP contribution in [0.4, 0.5) is 0 Å². The van der Waals surface area contributed by atoms with E-state index in [-0.39, 0.29) is 0 Å². The van der Waals surface area contributed by atoms with Crippen LogP contribution in [-0.2, 0) is 6.54 Å². The van der Waals surface area contributed by atoms with Crippen LogP contribution in [0.3, 0.4) is 0 Å². The molecule has 0 aromatic carbocycles. The Bertz CT molecular complexity index is 509. The van der Waals surface area contributed by atoms with E-state index in [1.807, 2.05) is 13.1 Å². The van der Waals surface area contributed by atoms with Crippen LogP contribution < -0.4 is 5.32 Å². The highest BCUT2D eigenvalue weighted by Crippen LogP contribution is 2.15. The summed E-state index contributed by atoms with van der Waals surface area (Å²) in [6, 6.07) is 1.94. The molecule has 24 heavy (non-hydrogen) atoms. The lowest BCUT2D eigenvalue weighted by atomic mass is 10.1. The van der Waals surface area contributed by atoms with Gasteiger partial charge in [0.1, 0.15) is 6.26 Å². The Balaban J connectivity index is 1.40. The molecule has 1 N–H and O–H groups in total. The average molecular weight is 334 g/mol. The highest BCUT2D eigenvalue weighted by Gasteiger charge is 2.23. The molecule has 3 rings (SSSR count). The van der Waals surface area contributed by atoms with Crippen LogP contribution >= 0.6 is 0 Å². The van der Waals surface area contributed by atoms with E-state index < -0.39 is 0 Å². The van der Waals surface area contributed by atoms with Gasteiger partial charge in [0.25, 0.3) is 0 Å². The molecule has 0 saturated carbocycles. The first kappa shape index (κ1) is 17.2. The number of aliphatic imine (C=N–C) groups is 1. The lowest BCUT2D eigenvalue weighted by Crippen LogP contribution is -2.52. The van der Waals surface area contributed by atoms with Crippen LogP contribution in [0.25, 0.3) is 0 Å². The van der Waals surface area contributed by atoms with Crippen LogP contribution in [0.5, 0.6) is 0 Å². The normalized spacial score (nSPS) is 23.8. The Morgan fingerprint density at radius 2 is 2.12 bits per heavy atom. The topological polar surface area (TPSA) is 60.1 Å². The maximum Gasteiger partial charge on any atom is 0.193 e. The van der Waals surface area contributed by atoms with E-state index in [1.165, 1.54) is 26.1 Å². The van der Waals surface area contributed by atoms with Gasteiger partial charge in [0.2, 0.25) is 0 Å². The molecular formula is C17H30N6O. The second kappa shape index (κ2) is 8.48. The summed E-state index contributed by atoms with van der Waals surface area (Å²) in [4.78, 5) is 11.8. The van der Waals surface area contributed by atoms with Crippen LogP contribution in [-0.4, -0.2) is 85.2 Å². The zero-order valence-corrected chi connectivity index (χ0v) is 14.9. The van der Waals surface area contributed by atoms with Crippen molar-refractivity contribution in [2.75, 3.05) is 59.4 Å². The van der Waals surface area contributed by atoms with Gasteiger partial charge in [-0.15, -0.1) is 0 Å². The SMILES string of the molecule is CCN1CCC(CNC(=NC)N2CCN(Cc3ccon3)CC2)C1. The molecule has 3 heterocycles. The summed E-state index contributed by atoms with van der Waals surface area (Å²) in [5.41, 5.74) is 1.01. The molecule has 0 radical (unpaired) electrons. The number of hydrogen-bond acceptors (Lipinski definition) is 5. The Morgan fingerprint density at radius 1 is 1.29 bits per heavy atom. The maximum absolute atomic E-state index is 4.91. The number of rotatable bonds is 5. The molecule has 0 bridgehead atoms. The van der Waals surface area contributed by atoms with Crippen LogP contribution in [0, 0.1) is 5.92 Å². The number of guanidine groups is 1. The summed E-state index contributed by atoms with van der Waals surface area (Å²) in [5.74, 6) is 1.79. The first-order valence-corrected chi connectivity index (χ1v) is 9.08. The molecule has 1 unspecified atom stereocenters. The van der Waals surface area contributed by atoms with Crippen molar-refractivity contribution >= 4 is 5.96 Å². The molecule has 2 fully saturated rings. The summed E-state index contributed by atoms with van der Waals surface area (Å²) >= 11 is 0. The molecule has 0 spiro atoms. The van der Waals surface area contributed by atoms with E-state index in [1.54, 1.807) is 6.26 Å². The minimum atomic E-state index is 0.746. The molecule has 7 heteroatoms. The van der Waals surface area contributed by atoms with Gasteiger partial charge in [-0.3, -0.25) is 9.89 Å². The summed E-state index contributed by atoms with van der Waals surface area (Å²) in [5, 5.41) is 7.59.